The number of guanidine groups is 1. The number of nitrogens with one attached hydrogen (secondary N) is 2. The van der Waals surface area contributed by atoms with Gasteiger partial charge < -0.3 is 24.7 Å². The van der Waals surface area contributed by atoms with Crippen LogP contribution in [0.1, 0.15) is 50.4 Å². The molecule has 2 aromatic rings. The second kappa shape index (κ2) is 11.4. The number of aliphatic imine (C=N–C) groups is 1. The molecule has 0 aliphatic heterocycles. The van der Waals surface area contributed by atoms with E-state index in [1.807, 2.05) is 18.2 Å². The lowest BCUT2D eigenvalue weighted by Crippen LogP contribution is -2.45. The number of benzene rings is 1. The quantitative estimate of drug-likeness (QED) is 0.485. The second-order valence-corrected chi connectivity index (χ2v) is 7.55. The molecule has 0 bridgehead atoms. The van der Waals surface area contributed by atoms with Crippen molar-refractivity contribution >= 4 is 5.96 Å². The maximum atomic E-state index is 5.41. The summed E-state index contributed by atoms with van der Waals surface area (Å²) >= 11 is 0. The van der Waals surface area contributed by atoms with Gasteiger partial charge in [-0.2, -0.15) is 0 Å². The molecule has 164 valence electrons. The predicted molar refractivity (Wildman–Crippen MR) is 118 cm³/mol. The Hall–Kier alpha value is -2.77. The van der Waals surface area contributed by atoms with Crippen molar-refractivity contribution in [1.82, 2.24) is 25.4 Å². The van der Waals surface area contributed by atoms with Gasteiger partial charge in [0, 0.05) is 25.6 Å². The van der Waals surface area contributed by atoms with Gasteiger partial charge in [0.05, 0.1) is 20.8 Å². The summed E-state index contributed by atoms with van der Waals surface area (Å²) in [4.78, 5) is 4.84. The Kier molecular flexibility index (Phi) is 8.35. The zero-order chi connectivity index (χ0) is 21.2. The zero-order valence-electron chi connectivity index (χ0n) is 18.4. The molecule has 0 saturated heterocycles. The molecule has 1 fully saturated rings. The first-order valence-corrected chi connectivity index (χ1v) is 10.9. The molecule has 0 atom stereocenters. The number of rotatable bonds is 9. The Morgan fingerprint density at radius 1 is 1.17 bits per heavy atom. The molecule has 0 radical (unpaired) electrons. The van der Waals surface area contributed by atoms with Gasteiger partial charge in [-0.05, 0) is 30.5 Å². The van der Waals surface area contributed by atoms with Crippen LogP contribution in [0.5, 0.6) is 11.5 Å². The minimum atomic E-state index is 0.483. The van der Waals surface area contributed by atoms with Crippen LogP contribution in [0, 0.1) is 0 Å². The summed E-state index contributed by atoms with van der Waals surface area (Å²) in [5, 5.41) is 15.3. The fraction of sp³-hybridized carbons (Fsp3) is 0.591. The first-order chi connectivity index (χ1) is 14.7. The highest BCUT2D eigenvalue weighted by Gasteiger charge is 2.15. The minimum Gasteiger partial charge on any atom is -0.493 e. The normalized spacial score (nSPS) is 15.1. The molecular weight excluding hydrogens is 380 g/mol. The number of ether oxygens (including phenoxy) is 2. The minimum absolute atomic E-state index is 0.483. The van der Waals surface area contributed by atoms with Crippen LogP contribution < -0.4 is 20.1 Å². The third-order valence-corrected chi connectivity index (χ3v) is 5.47. The molecule has 0 unspecified atom stereocenters. The van der Waals surface area contributed by atoms with Crippen molar-refractivity contribution in [3.8, 4) is 11.5 Å². The van der Waals surface area contributed by atoms with Gasteiger partial charge in [-0.15, -0.1) is 10.2 Å². The van der Waals surface area contributed by atoms with Crippen molar-refractivity contribution < 1.29 is 9.47 Å². The van der Waals surface area contributed by atoms with Crippen molar-refractivity contribution in [2.75, 3.05) is 20.8 Å². The SMILES string of the molecule is CCc1nncn1CCNC(=NCc1ccc(OC)c(OC)c1)NC1CCCCC1. The Morgan fingerprint density at radius 3 is 2.70 bits per heavy atom. The van der Waals surface area contributed by atoms with Crippen molar-refractivity contribution in [3.05, 3.63) is 35.9 Å². The number of aromatic nitrogens is 3. The summed E-state index contributed by atoms with van der Waals surface area (Å²) in [5.41, 5.74) is 1.07. The van der Waals surface area contributed by atoms with Gasteiger partial charge in [-0.25, -0.2) is 4.99 Å². The number of aryl methyl sites for hydroxylation is 1. The van der Waals surface area contributed by atoms with Gasteiger partial charge in [0.1, 0.15) is 12.2 Å². The van der Waals surface area contributed by atoms with Gasteiger partial charge in [0.15, 0.2) is 17.5 Å². The Balaban J connectivity index is 1.65. The summed E-state index contributed by atoms with van der Waals surface area (Å²) in [6.45, 7) is 4.22. The third kappa shape index (κ3) is 6.11. The van der Waals surface area contributed by atoms with Gasteiger partial charge in [-0.1, -0.05) is 32.3 Å². The van der Waals surface area contributed by atoms with Gasteiger partial charge in [-0.3, -0.25) is 0 Å². The fourth-order valence-corrected chi connectivity index (χ4v) is 3.78. The molecule has 1 aromatic heterocycles. The lowest BCUT2D eigenvalue weighted by Gasteiger charge is -2.25. The van der Waals surface area contributed by atoms with E-state index < -0.39 is 0 Å². The molecule has 1 heterocycles. The lowest BCUT2D eigenvalue weighted by atomic mass is 9.96. The fourth-order valence-electron chi connectivity index (χ4n) is 3.78. The zero-order valence-corrected chi connectivity index (χ0v) is 18.4. The van der Waals surface area contributed by atoms with E-state index >= 15 is 0 Å². The van der Waals surface area contributed by atoms with Gasteiger partial charge in [0.2, 0.25) is 0 Å². The second-order valence-electron chi connectivity index (χ2n) is 7.55. The van der Waals surface area contributed by atoms with E-state index in [4.69, 9.17) is 14.5 Å². The molecule has 8 heteroatoms. The standard InChI is InChI=1S/C22H34N6O2/c1-4-21-27-25-16-28(21)13-12-23-22(26-18-8-6-5-7-9-18)24-15-17-10-11-19(29-2)20(14-17)30-3/h10-11,14,16,18H,4-9,12-13,15H2,1-3H3,(H2,23,24,26). The van der Waals surface area contributed by atoms with E-state index in [2.05, 4.69) is 32.3 Å². The molecule has 8 nitrogen and oxygen atoms in total. The molecule has 1 aliphatic carbocycles. The monoisotopic (exact) mass is 414 g/mol. The third-order valence-electron chi connectivity index (χ3n) is 5.47. The number of hydrogen-bond acceptors (Lipinski definition) is 5. The van der Waals surface area contributed by atoms with Crippen LogP contribution in [0.2, 0.25) is 0 Å². The summed E-state index contributed by atoms with van der Waals surface area (Å²) in [5.74, 6) is 3.30. The number of nitrogens with zero attached hydrogens (tertiary/aromatic N) is 4. The number of hydrogen-bond donors (Lipinski definition) is 2. The van der Waals surface area contributed by atoms with Crippen molar-refractivity contribution in [2.24, 2.45) is 4.99 Å². The maximum absolute atomic E-state index is 5.41. The molecule has 2 N–H and O–H groups in total. The van der Waals surface area contributed by atoms with E-state index in [-0.39, 0.29) is 0 Å². The van der Waals surface area contributed by atoms with E-state index in [0.717, 1.165) is 48.4 Å². The van der Waals surface area contributed by atoms with E-state index in [9.17, 15) is 0 Å². The van der Waals surface area contributed by atoms with Crippen LogP contribution >= 0.6 is 0 Å². The Bertz CT molecular complexity index is 814. The van der Waals surface area contributed by atoms with Crippen molar-refractivity contribution in [3.63, 3.8) is 0 Å². The van der Waals surface area contributed by atoms with E-state index in [1.165, 1.54) is 32.1 Å². The van der Waals surface area contributed by atoms with Crippen molar-refractivity contribution in [1.29, 1.82) is 0 Å². The van der Waals surface area contributed by atoms with Crippen molar-refractivity contribution in [2.45, 2.75) is 64.6 Å². The average molecular weight is 415 g/mol. The summed E-state index contributed by atoms with van der Waals surface area (Å²) in [6, 6.07) is 6.40. The first kappa shape index (κ1) is 21.9. The van der Waals surface area contributed by atoms with Crippen LogP contribution in [0.3, 0.4) is 0 Å². The van der Waals surface area contributed by atoms with Crippen LogP contribution in [0.25, 0.3) is 0 Å². The average Bonchev–Trinajstić information content (AvgIpc) is 3.25. The highest BCUT2D eigenvalue weighted by molar-refractivity contribution is 5.80. The van der Waals surface area contributed by atoms with Crippen LogP contribution in [0.15, 0.2) is 29.5 Å². The Morgan fingerprint density at radius 2 is 1.97 bits per heavy atom. The first-order valence-electron chi connectivity index (χ1n) is 10.9. The molecule has 0 spiro atoms. The summed E-state index contributed by atoms with van der Waals surface area (Å²) < 4.78 is 12.8. The van der Waals surface area contributed by atoms with Gasteiger partial charge >= 0.3 is 0 Å². The maximum Gasteiger partial charge on any atom is 0.191 e. The van der Waals surface area contributed by atoms with E-state index in [1.54, 1.807) is 20.5 Å². The molecule has 1 aliphatic rings. The highest BCUT2D eigenvalue weighted by Crippen LogP contribution is 2.27. The van der Waals surface area contributed by atoms with Crippen LogP contribution in [0.4, 0.5) is 0 Å². The van der Waals surface area contributed by atoms with Crippen LogP contribution in [-0.4, -0.2) is 47.5 Å². The Labute approximate surface area is 179 Å². The van der Waals surface area contributed by atoms with E-state index in [0.29, 0.717) is 12.6 Å². The smallest absolute Gasteiger partial charge is 0.191 e. The summed E-state index contributed by atoms with van der Waals surface area (Å²) in [7, 11) is 3.30. The largest absolute Gasteiger partial charge is 0.493 e. The van der Waals surface area contributed by atoms with Crippen LogP contribution in [-0.2, 0) is 19.5 Å². The van der Waals surface area contributed by atoms with Gasteiger partial charge in [0.25, 0.3) is 0 Å². The molecular formula is C22H34N6O2. The predicted octanol–water partition coefficient (Wildman–Crippen LogP) is 2.93. The summed E-state index contributed by atoms with van der Waals surface area (Å²) in [6.07, 6.45) is 8.95. The molecule has 3 rings (SSSR count). The molecule has 0 amide bonds. The number of methoxy groups -OCH3 is 2. The molecule has 1 aromatic carbocycles. The molecule has 1 saturated carbocycles. The topological polar surface area (TPSA) is 85.6 Å². The lowest BCUT2D eigenvalue weighted by molar-refractivity contribution is 0.354. The highest BCUT2D eigenvalue weighted by atomic mass is 16.5. The molecule has 30 heavy (non-hydrogen) atoms.